The van der Waals surface area contributed by atoms with E-state index in [-0.39, 0.29) is 5.78 Å². The second kappa shape index (κ2) is 4.69. The summed E-state index contributed by atoms with van der Waals surface area (Å²) in [6, 6.07) is 15.0. The number of anilines is 2. The average Bonchev–Trinajstić information content (AvgIpc) is 2.99. The summed E-state index contributed by atoms with van der Waals surface area (Å²) in [5.74, 6) is 0.0530. The Kier molecular flexibility index (Phi) is 2.80. The summed E-state index contributed by atoms with van der Waals surface area (Å²) in [6.07, 6.45) is 0. The molecule has 5 heteroatoms. The van der Waals surface area contributed by atoms with E-state index in [0.717, 1.165) is 22.5 Å². The van der Waals surface area contributed by atoms with Crippen LogP contribution in [0.2, 0.25) is 5.02 Å². The number of ketones is 1. The number of halogens is 1. The minimum Gasteiger partial charge on any atom is -0.331 e. The summed E-state index contributed by atoms with van der Waals surface area (Å²) in [5.41, 5.74) is 3.27. The zero-order valence-corrected chi connectivity index (χ0v) is 12.3. The lowest BCUT2D eigenvalue weighted by molar-refractivity contribution is 0.104. The molecule has 102 valence electrons. The molecule has 3 nitrogen and oxygen atoms in total. The lowest BCUT2D eigenvalue weighted by Gasteiger charge is -2.03. The van der Waals surface area contributed by atoms with Gasteiger partial charge in [-0.3, -0.25) is 4.79 Å². The zero-order valence-electron chi connectivity index (χ0n) is 10.8. The first-order chi connectivity index (χ1) is 10.2. The van der Waals surface area contributed by atoms with Crippen molar-refractivity contribution in [1.82, 2.24) is 4.98 Å². The van der Waals surface area contributed by atoms with Gasteiger partial charge in [-0.15, -0.1) is 0 Å². The molecule has 1 aliphatic rings. The van der Waals surface area contributed by atoms with Gasteiger partial charge < -0.3 is 5.32 Å². The number of thiazole rings is 1. The van der Waals surface area contributed by atoms with Crippen molar-refractivity contribution in [2.45, 2.75) is 0 Å². The fraction of sp³-hybridized carbons (Fsp3) is 0. The third-order valence-electron chi connectivity index (χ3n) is 3.34. The monoisotopic (exact) mass is 312 g/mol. The number of carbonyl (C=O) groups is 1. The van der Waals surface area contributed by atoms with E-state index in [0.29, 0.717) is 15.0 Å². The van der Waals surface area contributed by atoms with Gasteiger partial charge >= 0.3 is 0 Å². The molecule has 0 amide bonds. The molecule has 0 unspecified atom stereocenters. The van der Waals surface area contributed by atoms with E-state index in [9.17, 15) is 4.79 Å². The van der Waals surface area contributed by atoms with Crippen LogP contribution < -0.4 is 5.32 Å². The first-order valence-electron chi connectivity index (χ1n) is 6.40. The number of benzene rings is 2. The van der Waals surface area contributed by atoms with E-state index in [4.69, 9.17) is 11.6 Å². The third kappa shape index (κ3) is 2.04. The van der Waals surface area contributed by atoms with Crippen LogP contribution in [0.4, 0.5) is 10.8 Å². The molecule has 0 saturated carbocycles. The topological polar surface area (TPSA) is 42.0 Å². The first-order valence-corrected chi connectivity index (χ1v) is 7.59. The molecule has 1 heterocycles. The molecular weight excluding hydrogens is 304 g/mol. The molecule has 0 bridgehead atoms. The van der Waals surface area contributed by atoms with Crippen LogP contribution in [0.15, 0.2) is 48.5 Å². The molecule has 1 aromatic heterocycles. The highest BCUT2D eigenvalue weighted by atomic mass is 35.5. The van der Waals surface area contributed by atoms with Crippen LogP contribution in [0.1, 0.15) is 15.2 Å². The highest BCUT2D eigenvalue weighted by Gasteiger charge is 2.30. The molecule has 21 heavy (non-hydrogen) atoms. The van der Waals surface area contributed by atoms with Crippen molar-refractivity contribution in [2.75, 3.05) is 5.32 Å². The Morgan fingerprint density at radius 1 is 1.05 bits per heavy atom. The van der Waals surface area contributed by atoms with Crippen LogP contribution in [0.5, 0.6) is 0 Å². The molecule has 0 saturated heterocycles. The number of rotatable bonds is 2. The van der Waals surface area contributed by atoms with Crippen LogP contribution in [-0.2, 0) is 0 Å². The minimum absolute atomic E-state index is 0.0530. The lowest BCUT2D eigenvalue weighted by atomic mass is 10.1. The van der Waals surface area contributed by atoms with Crippen LogP contribution in [0, 0.1) is 0 Å². The smallest absolute Gasteiger partial charge is 0.205 e. The highest BCUT2D eigenvalue weighted by molar-refractivity contribution is 7.18. The molecule has 0 spiro atoms. The largest absolute Gasteiger partial charge is 0.331 e. The number of aromatic nitrogens is 1. The van der Waals surface area contributed by atoms with Crippen molar-refractivity contribution >= 4 is 39.5 Å². The summed E-state index contributed by atoms with van der Waals surface area (Å²) >= 11 is 7.34. The SMILES string of the molecule is O=C1c2ccccc2-c2nc(Nc3cccc(Cl)c3)sc21. The fourth-order valence-electron chi connectivity index (χ4n) is 2.41. The van der Waals surface area contributed by atoms with E-state index in [1.165, 1.54) is 11.3 Å². The number of hydrogen-bond donors (Lipinski definition) is 1. The molecule has 0 radical (unpaired) electrons. The van der Waals surface area contributed by atoms with Gasteiger partial charge in [0.25, 0.3) is 0 Å². The minimum atomic E-state index is 0.0530. The highest BCUT2D eigenvalue weighted by Crippen LogP contribution is 2.41. The van der Waals surface area contributed by atoms with Crippen LogP contribution in [0.3, 0.4) is 0 Å². The van der Waals surface area contributed by atoms with Crippen molar-refractivity contribution < 1.29 is 4.79 Å². The Balaban J connectivity index is 1.74. The Bertz CT molecular complexity index is 872. The summed E-state index contributed by atoms with van der Waals surface area (Å²) in [5, 5.41) is 4.55. The number of fused-ring (bicyclic) bond motifs is 3. The predicted octanol–water partition coefficient (Wildman–Crippen LogP) is 4.75. The second-order valence-electron chi connectivity index (χ2n) is 4.71. The van der Waals surface area contributed by atoms with Crippen molar-refractivity contribution in [3.8, 4) is 11.3 Å². The van der Waals surface area contributed by atoms with E-state index in [1.807, 2.05) is 48.5 Å². The van der Waals surface area contributed by atoms with Crippen molar-refractivity contribution in [2.24, 2.45) is 0 Å². The molecule has 0 fully saturated rings. The Labute approximate surface area is 130 Å². The number of nitrogens with one attached hydrogen (secondary N) is 1. The van der Waals surface area contributed by atoms with E-state index < -0.39 is 0 Å². The van der Waals surface area contributed by atoms with Crippen LogP contribution in [-0.4, -0.2) is 10.8 Å². The van der Waals surface area contributed by atoms with Gasteiger partial charge in [0.15, 0.2) is 5.13 Å². The van der Waals surface area contributed by atoms with Gasteiger partial charge in [0.05, 0.1) is 5.69 Å². The van der Waals surface area contributed by atoms with Crippen molar-refractivity contribution in [3.63, 3.8) is 0 Å². The normalized spacial score (nSPS) is 12.1. The second-order valence-corrected chi connectivity index (χ2v) is 6.14. The molecular formula is C16H9ClN2OS. The molecule has 0 aliphatic heterocycles. The van der Waals surface area contributed by atoms with Crippen molar-refractivity contribution in [3.05, 3.63) is 64.0 Å². The van der Waals surface area contributed by atoms with Gasteiger partial charge in [-0.2, -0.15) is 0 Å². The van der Waals surface area contributed by atoms with Crippen LogP contribution in [0.25, 0.3) is 11.3 Å². The van der Waals surface area contributed by atoms with E-state index in [2.05, 4.69) is 10.3 Å². The van der Waals surface area contributed by atoms with Gasteiger partial charge in [0.2, 0.25) is 5.78 Å². The Hall–Kier alpha value is -2.17. The van der Waals surface area contributed by atoms with E-state index >= 15 is 0 Å². The fourth-order valence-corrected chi connectivity index (χ4v) is 3.55. The lowest BCUT2D eigenvalue weighted by Crippen LogP contribution is -1.93. The molecule has 3 aromatic rings. The summed E-state index contributed by atoms with van der Waals surface area (Å²) in [6.45, 7) is 0. The first kappa shape index (κ1) is 12.6. The summed E-state index contributed by atoms with van der Waals surface area (Å²) in [7, 11) is 0. The number of carbonyl (C=O) groups excluding carboxylic acids is 1. The maximum atomic E-state index is 12.3. The molecule has 4 rings (SSSR count). The van der Waals surface area contributed by atoms with E-state index in [1.54, 1.807) is 0 Å². The van der Waals surface area contributed by atoms with Gasteiger partial charge in [0, 0.05) is 21.8 Å². The molecule has 1 N–H and O–H groups in total. The Morgan fingerprint density at radius 3 is 2.67 bits per heavy atom. The molecule has 2 aromatic carbocycles. The summed E-state index contributed by atoms with van der Waals surface area (Å²) in [4.78, 5) is 17.6. The van der Waals surface area contributed by atoms with Gasteiger partial charge in [0.1, 0.15) is 4.88 Å². The van der Waals surface area contributed by atoms with Crippen molar-refractivity contribution in [1.29, 1.82) is 0 Å². The number of nitrogens with zero attached hydrogens (tertiary/aromatic N) is 1. The predicted molar refractivity (Wildman–Crippen MR) is 85.7 cm³/mol. The zero-order chi connectivity index (χ0) is 14.4. The average molecular weight is 313 g/mol. The van der Waals surface area contributed by atoms with Gasteiger partial charge in [-0.1, -0.05) is 53.3 Å². The molecule has 1 aliphatic carbocycles. The Morgan fingerprint density at radius 2 is 1.86 bits per heavy atom. The maximum Gasteiger partial charge on any atom is 0.205 e. The molecule has 0 atom stereocenters. The van der Waals surface area contributed by atoms with Gasteiger partial charge in [-0.25, -0.2) is 4.98 Å². The van der Waals surface area contributed by atoms with Gasteiger partial charge in [-0.05, 0) is 18.2 Å². The summed E-state index contributed by atoms with van der Waals surface area (Å²) < 4.78 is 0. The maximum absolute atomic E-state index is 12.3. The van der Waals surface area contributed by atoms with Crippen LogP contribution >= 0.6 is 22.9 Å². The standard InChI is InChI=1S/C16H9ClN2OS/c17-9-4-3-5-10(8-9)18-16-19-13-11-6-1-2-7-12(11)14(20)15(13)21-16/h1-8H,(H,18,19). The quantitative estimate of drug-likeness (QED) is 0.580. The number of hydrogen-bond acceptors (Lipinski definition) is 4. The third-order valence-corrected chi connectivity index (χ3v) is 4.54.